The van der Waals surface area contributed by atoms with Gasteiger partial charge in [0.2, 0.25) is 0 Å². The molecule has 2 aliphatic rings. The minimum absolute atomic E-state index is 0.00239. The van der Waals surface area contributed by atoms with E-state index in [1.807, 2.05) is 12.1 Å². The normalized spacial score (nSPS) is 20.6. The first-order valence-corrected chi connectivity index (χ1v) is 11.4. The number of ether oxygens (including phenoxy) is 2. The van der Waals surface area contributed by atoms with Gasteiger partial charge in [-0.25, -0.2) is 4.99 Å². The van der Waals surface area contributed by atoms with Crippen molar-refractivity contribution >= 4 is 57.8 Å². The van der Waals surface area contributed by atoms with Gasteiger partial charge in [0, 0.05) is 11.7 Å². The number of rotatable bonds is 7. The Balaban J connectivity index is 1.60. The number of methoxy groups -OCH3 is 1. The Morgan fingerprint density at radius 3 is 2.38 bits per heavy atom. The molecule has 0 radical (unpaired) electrons. The van der Waals surface area contributed by atoms with Crippen LogP contribution >= 0.6 is 35.0 Å². The number of nitrogens with zero attached hydrogens (tertiary/aromatic N) is 2. The fourth-order valence-electron chi connectivity index (χ4n) is 3.08. The van der Waals surface area contributed by atoms with Crippen LogP contribution < -0.4 is 14.4 Å². The number of alkyl halides is 4. The van der Waals surface area contributed by atoms with Crippen molar-refractivity contribution in [2.24, 2.45) is 10.9 Å². The molecule has 0 aromatic heterocycles. The van der Waals surface area contributed by atoms with Gasteiger partial charge in [-0.3, -0.25) is 9.69 Å². The average molecular weight is 499 g/mol. The third-order valence-electron chi connectivity index (χ3n) is 4.94. The molecule has 1 aliphatic heterocycles. The number of thioether (sulfide) groups is 1. The summed E-state index contributed by atoms with van der Waals surface area (Å²) in [6, 6.07) is 13.0. The standard InChI is InChI=1S/C22H18Cl2F2N2O3S/c1-30-16-6-2-13(3-7-16)10-18-19(29)28(15-4-8-17(9-5-15)31-20(25)26)21(27-18)32-12-14-11-22(14,23)24/h2-10,14,20H,11-12H2,1H3/b18-10-. The number of carbonyl (C=O) groups excluding carboxylic acids is 1. The van der Waals surface area contributed by atoms with Crippen LogP contribution in [0.15, 0.2) is 59.2 Å². The van der Waals surface area contributed by atoms with Crippen LogP contribution in [0.3, 0.4) is 0 Å². The Hall–Kier alpha value is -2.29. The van der Waals surface area contributed by atoms with E-state index in [4.69, 9.17) is 27.9 Å². The summed E-state index contributed by atoms with van der Waals surface area (Å²) < 4.78 is 33.7. The second-order valence-corrected chi connectivity index (χ2v) is 9.71. The molecule has 10 heteroatoms. The van der Waals surface area contributed by atoms with E-state index >= 15 is 0 Å². The SMILES string of the molecule is COc1ccc(/C=C2\N=C(SCC3CC3(Cl)Cl)N(c3ccc(OC(F)F)cc3)C2=O)cc1. The Morgan fingerprint density at radius 2 is 1.81 bits per heavy atom. The molecule has 0 saturated heterocycles. The highest BCUT2D eigenvalue weighted by Crippen LogP contribution is 2.54. The van der Waals surface area contributed by atoms with Crippen LogP contribution in [0.1, 0.15) is 12.0 Å². The first kappa shape index (κ1) is 22.9. The van der Waals surface area contributed by atoms with Gasteiger partial charge in [-0.15, -0.1) is 23.2 Å². The Morgan fingerprint density at radius 1 is 1.19 bits per heavy atom. The first-order chi connectivity index (χ1) is 15.3. The number of carbonyl (C=O) groups is 1. The monoisotopic (exact) mass is 498 g/mol. The quantitative estimate of drug-likeness (QED) is 0.348. The van der Waals surface area contributed by atoms with Crippen LogP contribution in [0.2, 0.25) is 0 Å². The molecule has 1 amide bonds. The predicted molar refractivity (Wildman–Crippen MR) is 124 cm³/mol. The molecule has 5 nitrogen and oxygen atoms in total. The topological polar surface area (TPSA) is 51.1 Å². The number of amides is 1. The number of amidine groups is 1. The zero-order valence-corrected chi connectivity index (χ0v) is 19.1. The van der Waals surface area contributed by atoms with Gasteiger partial charge in [-0.1, -0.05) is 23.9 Å². The summed E-state index contributed by atoms with van der Waals surface area (Å²) in [6.07, 6.45) is 2.36. The highest BCUT2D eigenvalue weighted by Gasteiger charge is 2.51. The van der Waals surface area contributed by atoms with Gasteiger partial charge in [-0.05, 0) is 54.5 Å². The third kappa shape index (κ3) is 5.19. The number of aliphatic imine (C=N–C) groups is 1. The number of anilines is 1. The van der Waals surface area contributed by atoms with Crippen molar-refractivity contribution in [3.63, 3.8) is 0 Å². The highest BCUT2D eigenvalue weighted by atomic mass is 35.5. The smallest absolute Gasteiger partial charge is 0.387 e. The van der Waals surface area contributed by atoms with Crippen LogP contribution in [0.25, 0.3) is 6.08 Å². The van der Waals surface area contributed by atoms with Crippen LogP contribution in [0.4, 0.5) is 14.5 Å². The maximum Gasteiger partial charge on any atom is 0.387 e. The zero-order valence-electron chi connectivity index (χ0n) is 16.8. The van der Waals surface area contributed by atoms with Crippen LogP contribution in [-0.4, -0.2) is 34.9 Å². The molecule has 0 N–H and O–H groups in total. The minimum atomic E-state index is -2.93. The van der Waals surface area contributed by atoms with E-state index in [1.165, 1.54) is 40.9 Å². The second kappa shape index (κ2) is 9.29. The summed E-state index contributed by atoms with van der Waals surface area (Å²) in [5, 5.41) is 0.466. The summed E-state index contributed by atoms with van der Waals surface area (Å²) in [5.41, 5.74) is 1.52. The minimum Gasteiger partial charge on any atom is -0.497 e. The van der Waals surface area contributed by atoms with Gasteiger partial charge in [-0.2, -0.15) is 8.78 Å². The lowest BCUT2D eigenvalue weighted by Crippen LogP contribution is -2.30. The average Bonchev–Trinajstić information content (AvgIpc) is 3.26. The van der Waals surface area contributed by atoms with Crippen molar-refractivity contribution in [3.8, 4) is 11.5 Å². The fraction of sp³-hybridized carbons (Fsp3) is 0.273. The number of benzene rings is 2. The molecule has 168 valence electrons. The van der Waals surface area contributed by atoms with Crippen LogP contribution in [-0.2, 0) is 4.79 Å². The van der Waals surface area contributed by atoms with E-state index in [1.54, 1.807) is 25.3 Å². The van der Waals surface area contributed by atoms with Gasteiger partial charge in [0.15, 0.2) is 5.17 Å². The molecule has 2 aromatic carbocycles. The van der Waals surface area contributed by atoms with Gasteiger partial charge >= 0.3 is 6.61 Å². The predicted octanol–water partition coefficient (Wildman–Crippen LogP) is 5.97. The molecule has 1 saturated carbocycles. The molecule has 0 spiro atoms. The van der Waals surface area contributed by atoms with E-state index in [9.17, 15) is 13.6 Å². The Bertz CT molecular complexity index is 1060. The van der Waals surface area contributed by atoms with Gasteiger partial charge in [0.05, 0.1) is 12.8 Å². The molecule has 2 aromatic rings. The molecule has 1 aliphatic carbocycles. The molecule has 1 heterocycles. The van der Waals surface area contributed by atoms with E-state index < -0.39 is 10.9 Å². The lowest BCUT2D eigenvalue weighted by Gasteiger charge is -2.18. The highest BCUT2D eigenvalue weighted by molar-refractivity contribution is 8.14. The maximum atomic E-state index is 13.2. The molecule has 1 unspecified atom stereocenters. The second-order valence-electron chi connectivity index (χ2n) is 7.18. The first-order valence-electron chi connectivity index (χ1n) is 9.61. The Labute approximate surface area is 198 Å². The van der Waals surface area contributed by atoms with Crippen molar-refractivity contribution in [1.82, 2.24) is 0 Å². The lowest BCUT2D eigenvalue weighted by atomic mass is 10.2. The van der Waals surface area contributed by atoms with Crippen LogP contribution in [0.5, 0.6) is 11.5 Å². The third-order valence-corrected chi connectivity index (χ3v) is 6.97. The van der Waals surface area contributed by atoms with Crippen molar-refractivity contribution in [1.29, 1.82) is 0 Å². The molecule has 4 rings (SSSR count). The van der Waals surface area contributed by atoms with Crippen molar-refractivity contribution < 1.29 is 23.0 Å². The van der Waals surface area contributed by atoms with E-state index in [-0.39, 0.29) is 23.3 Å². The summed E-state index contributed by atoms with van der Waals surface area (Å²) in [5.74, 6) is 1.07. The molecule has 32 heavy (non-hydrogen) atoms. The lowest BCUT2D eigenvalue weighted by molar-refractivity contribution is -0.113. The Kier molecular flexibility index (Phi) is 6.65. The summed E-state index contributed by atoms with van der Waals surface area (Å²) >= 11 is 13.6. The van der Waals surface area contributed by atoms with E-state index in [0.29, 0.717) is 28.8 Å². The maximum absolute atomic E-state index is 13.2. The number of halogens is 4. The number of hydrogen-bond acceptors (Lipinski definition) is 5. The molecule has 1 fully saturated rings. The van der Waals surface area contributed by atoms with Crippen molar-refractivity contribution in [3.05, 3.63) is 59.8 Å². The van der Waals surface area contributed by atoms with Crippen molar-refractivity contribution in [2.75, 3.05) is 17.8 Å². The molecule has 1 atom stereocenters. The molecule has 0 bridgehead atoms. The van der Waals surface area contributed by atoms with Crippen molar-refractivity contribution in [2.45, 2.75) is 17.4 Å². The summed E-state index contributed by atoms with van der Waals surface area (Å²) in [6.45, 7) is -2.93. The zero-order chi connectivity index (χ0) is 22.9. The molecular weight excluding hydrogens is 481 g/mol. The largest absolute Gasteiger partial charge is 0.497 e. The van der Waals surface area contributed by atoms with Gasteiger partial charge in [0.1, 0.15) is 21.5 Å². The fourth-order valence-corrected chi connectivity index (χ4v) is 5.02. The summed E-state index contributed by atoms with van der Waals surface area (Å²) in [4.78, 5) is 19.2. The molecular formula is C22H18Cl2F2N2O3S. The van der Waals surface area contributed by atoms with E-state index in [0.717, 1.165) is 5.56 Å². The number of hydrogen-bond donors (Lipinski definition) is 0. The van der Waals surface area contributed by atoms with E-state index in [2.05, 4.69) is 9.73 Å². The summed E-state index contributed by atoms with van der Waals surface area (Å²) in [7, 11) is 1.58. The van der Waals surface area contributed by atoms with Crippen LogP contribution in [0, 0.1) is 5.92 Å². The van der Waals surface area contributed by atoms with Gasteiger partial charge < -0.3 is 9.47 Å². The van der Waals surface area contributed by atoms with Gasteiger partial charge in [0.25, 0.3) is 5.91 Å².